The van der Waals surface area contributed by atoms with Crippen molar-refractivity contribution in [3.63, 3.8) is 0 Å². The fourth-order valence-electron chi connectivity index (χ4n) is 1.15. The van der Waals surface area contributed by atoms with Gasteiger partial charge in [-0.05, 0) is 6.42 Å². The number of thiazole rings is 1. The van der Waals surface area contributed by atoms with Gasteiger partial charge in [0.1, 0.15) is 4.33 Å². The number of hydrogen-bond donors (Lipinski definition) is 1. The molecule has 0 saturated heterocycles. The van der Waals surface area contributed by atoms with Crippen molar-refractivity contribution in [3.05, 3.63) is 16.4 Å². The van der Waals surface area contributed by atoms with Crippen molar-refractivity contribution in [1.82, 2.24) is 4.57 Å². The third-order valence-corrected chi connectivity index (χ3v) is 3.70. The van der Waals surface area contributed by atoms with Crippen LogP contribution >= 0.6 is 34.5 Å². The van der Waals surface area contributed by atoms with E-state index < -0.39 is 4.33 Å². The topological polar surface area (TPSA) is 28.8 Å². The number of halogens is 2. The first-order valence-electron chi connectivity index (χ1n) is 3.66. The second-order valence-corrected chi connectivity index (χ2v) is 5.46. The Hall–Kier alpha value is 0.01000. The molecule has 0 aromatic carbocycles. The highest BCUT2D eigenvalue weighted by Gasteiger charge is 2.51. The fraction of sp³-hybridized carbons (Fsp3) is 0.571. The summed E-state index contributed by atoms with van der Waals surface area (Å²) >= 11 is 13.2. The highest BCUT2D eigenvalue weighted by molar-refractivity contribution is 7.06. The molecular formula is C7H8Cl2N2S. The molecule has 1 heterocycles. The number of rotatable bonds is 2. The Morgan fingerprint density at radius 3 is 2.83 bits per heavy atom. The van der Waals surface area contributed by atoms with E-state index in [4.69, 9.17) is 28.6 Å². The van der Waals surface area contributed by atoms with E-state index in [1.807, 2.05) is 16.1 Å². The van der Waals surface area contributed by atoms with Crippen LogP contribution in [-0.4, -0.2) is 8.90 Å². The minimum atomic E-state index is -0.526. The Morgan fingerprint density at radius 2 is 2.42 bits per heavy atom. The molecule has 0 bridgehead atoms. The third kappa shape index (κ3) is 1.53. The van der Waals surface area contributed by atoms with Crippen LogP contribution in [-0.2, 0) is 6.54 Å². The molecule has 1 aliphatic carbocycles. The molecule has 1 unspecified atom stereocenters. The monoisotopic (exact) mass is 222 g/mol. The van der Waals surface area contributed by atoms with Crippen LogP contribution in [0.25, 0.3) is 0 Å². The Morgan fingerprint density at radius 1 is 1.75 bits per heavy atom. The van der Waals surface area contributed by atoms with Crippen LogP contribution in [0.3, 0.4) is 0 Å². The Kier molecular flexibility index (Phi) is 1.97. The number of hydrogen-bond acceptors (Lipinski definition) is 2. The predicted molar refractivity (Wildman–Crippen MR) is 50.7 cm³/mol. The van der Waals surface area contributed by atoms with Gasteiger partial charge in [0.25, 0.3) is 0 Å². The van der Waals surface area contributed by atoms with Gasteiger partial charge in [0.05, 0.1) is 0 Å². The predicted octanol–water partition coefficient (Wildman–Crippen LogP) is 2.22. The molecule has 0 amide bonds. The molecule has 0 radical (unpaired) electrons. The number of alkyl halides is 2. The second-order valence-electron chi connectivity index (χ2n) is 3.02. The molecule has 1 fully saturated rings. The SMILES string of the molecule is N=c1sccn1CC1CC1(Cl)Cl. The third-order valence-electron chi connectivity index (χ3n) is 2.05. The Balaban J connectivity index is 2.07. The van der Waals surface area contributed by atoms with Gasteiger partial charge in [-0.25, -0.2) is 0 Å². The quantitative estimate of drug-likeness (QED) is 0.745. The van der Waals surface area contributed by atoms with Crippen molar-refractivity contribution in [2.75, 3.05) is 0 Å². The van der Waals surface area contributed by atoms with Gasteiger partial charge in [0, 0.05) is 24.0 Å². The zero-order valence-corrected chi connectivity index (χ0v) is 8.59. The summed E-state index contributed by atoms with van der Waals surface area (Å²) < 4.78 is 1.35. The molecule has 12 heavy (non-hydrogen) atoms. The smallest absolute Gasteiger partial charge is 0.181 e. The second kappa shape index (κ2) is 2.76. The molecule has 2 rings (SSSR count). The van der Waals surface area contributed by atoms with Gasteiger partial charge in [-0.1, -0.05) is 0 Å². The Labute approximate surface area is 84.2 Å². The van der Waals surface area contributed by atoms with Gasteiger partial charge in [0.2, 0.25) is 0 Å². The van der Waals surface area contributed by atoms with Crippen LogP contribution < -0.4 is 4.80 Å². The van der Waals surface area contributed by atoms with E-state index in [0.717, 1.165) is 13.0 Å². The molecule has 66 valence electrons. The first kappa shape index (κ1) is 8.60. The summed E-state index contributed by atoms with van der Waals surface area (Å²) in [5.74, 6) is 0.324. The van der Waals surface area contributed by atoms with E-state index >= 15 is 0 Å². The van der Waals surface area contributed by atoms with Crippen molar-refractivity contribution < 1.29 is 0 Å². The molecule has 1 aliphatic rings. The lowest BCUT2D eigenvalue weighted by molar-refractivity contribution is 0.603. The lowest BCUT2D eigenvalue weighted by Crippen LogP contribution is -2.14. The van der Waals surface area contributed by atoms with Gasteiger partial charge in [-0.2, -0.15) is 0 Å². The van der Waals surface area contributed by atoms with Crippen LogP contribution in [0.2, 0.25) is 0 Å². The standard InChI is InChI=1S/C7H8Cl2N2S/c8-7(9)3-5(7)4-11-1-2-12-6(11)10/h1-2,5,10H,3-4H2. The van der Waals surface area contributed by atoms with Gasteiger partial charge < -0.3 is 4.57 Å². The van der Waals surface area contributed by atoms with Gasteiger partial charge >= 0.3 is 0 Å². The van der Waals surface area contributed by atoms with Crippen molar-refractivity contribution in [2.45, 2.75) is 17.3 Å². The van der Waals surface area contributed by atoms with E-state index in [1.54, 1.807) is 0 Å². The first-order chi connectivity index (χ1) is 5.59. The average molecular weight is 223 g/mol. The molecule has 0 aliphatic heterocycles. The van der Waals surface area contributed by atoms with Crippen LogP contribution in [0.4, 0.5) is 0 Å². The zero-order valence-electron chi connectivity index (χ0n) is 6.26. The average Bonchev–Trinajstić information content (AvgIpc) is 2.39. The molecule has 2 nitrogen and oxygen atoms in total. The molecule has 1 atom stereocenters. The first-order valence-corrected chi connectivity index (χ1v) is 5.29. The fourth-order valence-corrected chi connectivity index (χ4v) is 2.27. The zero-order chi connectivity index (χ0) is 8.77. The summed E-state index contributed by atoms with van der Waals surface area (Å²) in [5.41, 5.74) is 0. The highest BCUT2D eigenvalue weighted by Crippen LogP contribution is 2.53. The maximum absolute atomic E-state index is 7.50. The van der Waals surface area contributed by atoms with Crippen LogP contribution in [0.15, 0.2) is 11.6 Å². The largest absolute Gasteiger partial charge is 0.324 e. The van der Waals surface area contributed by atoms with Gasteiger partial charge in [-0.15, -0.1) is 34.5 Å². The van der Waals surface area contributed by atoms with Gasteiger partial charge in [-0.3, -0.25) is 5.41 Å². The molecular weight excluding hydrogens is 215 g/mol. The van der Waals surface area contributed by atoms with Gasteiger partial charge in [0.15, 0.2) is 4.80 Å². The Bertz CT molecular complexity index is 341. The summed E-state index contributed by atoms with van der Waals surface area (Å²) in [6.07, 6.45) is 2.74. The molecule has 1 N–H and O–H groups in total. The lowest BCUT2D eigenvalue weighted by Gasteiger charge is -2.00. The summed E-state index contributed by atoms with van der Waals surface area (Å²) in [6.45, 7) is 0.773. The normalized spacial score (nSPS) is 25.7. The molecule has 1 aromatic heterocycles. The molecule has 1 aromatic rings. The summed E-state index contributed by atoms with van der Waals surface area (Å²) in [5, 5.41) is 9.39. The van der Waals surface area contributed by atoms with Crippen LogP contribution in [0.5, 0.6) is 0 Å². The molecule has 1 saturated carbocycles. The number of aromatic nitrogens is 1. The van der Waals surface area contributed by atoms with E-state index in [1.165, 1.54) is 11.3 Å². The minimum absolute atomic E-state index is 0.324. The number of nitrogens with zero attached hydrogens (tertiary/aromatic N) is 1. The van der Waals surface area contributed by atoms with E-state index in [9.17, 15) is 0 Å². The maximum atomic E-state index is 7.50. The maximum Gasteiger partial charge on any atom is 0.181 e. The van der Waals surface area contributed by atoms with E-state index in [2.05, 4.69) is 0 Å². The number of nitrogens with one attached hydrogen (secondary N) is 1. The van der Waals surface area contributed by atoms with Crippen LogP contribution in [0, 0.1) is 11.3 Å². The van der Waals surface area contributed by atoms with Crippen LogP contribution in [0.1, 0.15) is 6.42 Å². The summed E-state index contributed by atoms with van der Waals surface area (Å²) in [4.78, 5) is 0.561. The summed E-state index contributed by atoms with van der Waals surface area (Å²) in [6, 6.07) is 0. The minimum Gasteiger partial charge on any atom is -0.324 e. The molecule has 5 heteroatoms. The molecule has 0 spiro atoms. The van der Waals surface area contributed by atoms with E-state index in [-0.39, 0.29) is 0 Å². The summed E-state index contributed by atoms with van der Waals surface area (Å²) in [7, 11) is 0. The highest BCUT2D eigenvalue weighted by atomic mass is 35.5. The van der Waals surface area contributed by atoms with Crippen molar-refractivity contribution in [1.29, 1.82) is 5.41 Å². The van der Waals surface area contributed by atoms with Crippen molar-refractivity contribution in [2.24, 2.45) is 5.92 Å². The van der Waals surface area contributed by atoms with Crippen molar-refractivity contribution in [3.8, 4) is 0 Å². The van der Waals surface area contributed by atoms with E-state index in [0.29, 0.717) is 10.7 Å². The lowest BCUT2D eigenvalue weighted by atomic mass is 10.4. The van der Waals surface area contributed by atoms with Crippen molar-refractivity contribution >= 4 is 34.5 Å².